The van der Waals surface area contributed by atoms with Crippen LogP contribution in [0.4, 0.5) is 0 Å². The van der Waals surface area contributed by atoms with Gasteiger partial charge in [0.05, 0.1) is 5.54 Å². The van der Waals surface area contributed by atoms with Gasteiger partial charge in [0, 0.05) is 171 Å². The van der Waals surface area contributed by atoms with Crippen molar-refractivity contribution in [3.8, 4) is 0 Å². The van der Waals surface area contributed by atoms with Crippen molar-refractivity contribution in [1.82, 2.24) is 34.9 Å². The Labute approximate surface area is 669 Å². The van der Waals surface area contributed by atoms with Gasteiger partial charge in [0.2, 0.25) is 0 Å². The Morgan fingerprint density at radius 3 is 0.816 bits per heavy atom. The first-order valence-corrected chi connectivity index (χ1v) is 30.3. The van der Waals surface area contributed by atoms with Crippen LogP contribution in [0.15, 0.2) is 244 Å². The molecule has 0 bridgehead atoms. The Bertz CT molecular complexity index is 2690. The van der Waals surface area contributed by atoms with Crippen LogP contribution in [-0.4, -0.2) is 82.3 Å². The summed E-state index contributed by atoms with van der Waals surface area (Å²) in [6.07, 6.45) is 30.8. The molecular formula is C77H118Co7N14-6. The van der Waals surface area contributed by atoms with Crippen molar-refractivity contribution in [2.45, 2.75) is 162 Å². The summed E-state index contributed by atoms with van der Waals surface area (Å²) < 4.78 is 0. The summed E-state index contributed by atoms with van der Waals surface area (Å²) in [6, 6.07) is 26.8. The molecule has 0 N–H and O–H groups in total. The molecule has 7 aromatic rings. The molecule has 0 aliphatic rings. The first kappa shape index (κ1) is 126. The average molecular weight is 1650 g/mol. The number of hydrogen-bond donors (Lipinski definition) is 0. The molecule has 7 heterocycles. The number of hydrogen-bond acceptors (Lipinski definition) is 6. The predicted octanol–water partition coefficient (Wildman–Crippen LogP) is 19.0. The third kappa shape index (κ3) is 134. The summed E-state index contributed by atoms with van der Waals surface area (Å²) in [4.78, 5) is 52.0. The summed E-state index contributed by atoms with van der Waals surface area (Å²) in [7, 11) is 3.46. The van der Waals surface area contributed by atoms with Gasteiger partial charge in [-0.05, 0) is 130 Å². The molecular weight excluding hydrogens is 1530 g/mol. The molecule has 98 heavy (non-hydrogen) atoms. The van der Waals surface area contributed by atoms with Crippen LogP contribution in [0.1, 0.15) is 191 Å². The van der Waals surface area contributed by atoms with Crippen molar-refractivity contribution in [1.29, 1.82) is 0 Å². The average Bonchev–Trinajstić information content (AvgIpc) is 1.90. The van der Waals surface area contributed by atoms with Gasteiger partial charge in [0.15, 0.2) is 0 Å². The van der Waals surface area contributed by atoms with E-state index >= 15 is 0 Å². The molecule has 0 aliphatic carbocycles. The molecule has 0 spiro atoms. The van der Waals surface area contributed by atoms with E-state index in [9.17, 15) is 0 Å². The van der Waals surface area contributed by atoms with Gasteiger partial charge < -0.3 is 40.3 Å². The standard InChI is InChI=1S/C9H13N2.2C8H11N2.C7H9N2.2C6H7N2.C5H4N2.7C4H8.7Co/c1-9(2,3)11-7-8-5-4-6-10-8;1-7(2)10-6-8-4-3-5-9-8;1-2-5-9-7-8-4-3-6-10-8;1-2-8-6-7-4-3-5-9-7;2*1-7-5-6-3-2-4-8-6;6-4-5-2-1-3-7-5;5*1-4(2)3;2*1-3-4-2;;;;;;;/h4-7H,1-3H3;3-7H,1-2H3;3-4,6-7H,2,5H2,1H3;3-6H,2H2,1H3;2*2-5H,1H3;1-4H;5*1H2,2-3H3;2*3H,1,4H2,2H3;;;;;;;/q6*-1;-2;;;;;;;;;;;;;;+2. The summed E-state index contributed by atoms with van der Waals surface area (Å²) >= 11 is 0. The second kappa shape index (κ2) is 97.8. The van der Waals surface area contributed by atoms with Crippen molar-refractivity contribution in [2.24, 2.45) is 30.0 Å². The van der Waals surface area contributed by atoms with Gasteiger partial charge >= 0.3 is 16.8 Å². The van der Waals surface area contributed by atoms with Crippen molar-refractivity contribution < 1.29 is 117 Å². The number of aliphatic imine (C=N–C) groups is 6. The Morgan fingerprint density at radius 2 is 0.643 bits per heavy atom. The topological polar surface area (TPSA) is 195 Å². The Morgan fingerprint density at radius 1 is 0.418 bits per heavy atom. The van der Waals surface area contributed by atoms with Gasteiger partial charge in [-0.25, -0.2) is 6.21 Å². The Hall–Kier alpha value is -5.62. The molecule has 0 aliphatic heterocycles. The first-order chi connectivity index (χ1) is 43.0. The zero-order valence-corrected chi connectivity index (χ0v) is 69.8. The van der Waals surface area contributed by atoms with Crippen LogP contribution in [0.2, 0.25) is 0 Å². The van der Waals surface area contributed by atoms with Crippen LogP contribution < -0.4 is 34.9 Å². The zero-order chi connectivity index (χ0) is 70.9. The zero-order valence-electron chi connectivity index (χ0n) is 62.5. The number of aromatic nitrogens is 7. The fourth-order valence-electron chi connectivity index (χ4n) is 3.95. The van der Waals surface area contributed by atoms with Gasteiger partial charge in [-0.15, -0.1) is 80.2 Å². The van der Waals surface area contributed by atoms with Gasteiger partial charge in [-0.3, -0.25) is 30.0 Å². The van der Waals surface area contributed by atoms with E-state index in [1.54, 1.807) is 101 Å². The molecule has 7 rings (SSSR count). The van der Waals surface area contributed by atoms with Crippen molar-refractivity contribution in [3.05, 3.63) is 260 Å². The van der Waals surface area contributed by atoms with Crippen LogP contribution in [0, 0.1) is 0 Å². The van der Waals surface area contributed by atoms with Crippen LogP contribution in [-0.2, 0) is 117 Å². The maximum absolute atomic E-state index is 8.24. The van der Waals surface area contributed by atoms with E-state index < -0.39 is 0 Å². The van der Waals surface area contributed by atoms with Crippen LogP contribution in [0.3, 0.4) is 0 Å². The third-order valence-electron chi connectivity index (χ3n) is 7.34. The van der Waals surface area contributed by atoms with Gasteiger partial charge in [0.1, 0.15) is 0 Å². The maximum atomic E-state index is 8.24. The SMILES string of the molecule is C=C(C)C.C=C(C)C.C=C(C)C.C=C(C)C.C=C(C)C.C=CCC.C=CCC.CC(C)(C)N=Cc1ccc[n-]1.CC(C)N=Cc1ccc[n-]1.CCCN=Cc1ccc[n-]1.CCN=Cc1ccc[n-]1.CN=Cc1ccc[n-]1.CN=Cc1ccc[n-]1.[Co+2].[Co].[Co].[Co].[Co].[Co].[Co].[N-]=Cc1ccc[n-]1. The van der Waals surface area contributed by atoms with Crippen molar-refractivity contribution in [3.63, 3.8) is 0 Å². The van der Waals surface area contributed by atoms with E-state index in [2.05, 4.69) is 152 Å². The Balaban J connectivity index is -0.0000000653. The second-order valence-electron chi connectivity index (χ2n) is 21.2. The normalized spacial score (nSPS) is 8.88. The van der Waals surface area contributed by atoms with E-state index in [0.717, 1.165) is 72.7 Å². The summed E-state index contributed by atoms with van der Waals surface area (Å²) in [6.45, 7) is 64.7. The second-order valence-corrected chi connectivity index (χ2v) is 21.2. The van der Waals surface area contributed by atoms with Gasteiger partial charge in [0.25, 0.3) is 0 Å². The van der Waals surface area contributed by atoms with Crippen LogP contribution in [0.5, 0.6) is 0 Å². The van der Waals surface area contributed by atoms with E-state index in [1.807, 2.05) is 181 Å². The molecule has 0 amide bonds. The minimum Gasteiger partial charge on any atom is -0.812 e. The molecule has 7 radical (unpaired) electrons. The maximum Gasteiger partial charge on any atom is 2.00 e. The van der Waals surface area contributed by atoms with Gasteiger partial charge in [-0.2, -0.15) is 49.1 Å². The summed E-state index contributed by atoms with van der Waals surface area (Å²) in [5, 5.41) is 8.24. The van der Waals surface area contributed by atoms with E-state index in [1.165, 1.54) is 27.9 Å². The molecule has 0 aromatic carbocycles. The molecule has 0 saturated heterocycles. The molecule has 0 unspecified atom stereocenters. The molecule has 565 valence electrons. The minimum absolute atomic E-state index is 0. The molecule has 0 atom stereocenters. The molecule has 0 fully saturated rings. The van der Waals surface area contributed by atoms with Gasteiger partial charge in [-0.1, -0.05) is 146 Å². The number of rotatable bonds is 13. The van der Waals surface area contributed by atoms with E-state index in [-0.39, 0.29) is 123 Å². The van der Waals surface area contributed by atoms with Crippen molar-refractivity contribution >= 4 is 43.5 Å². The fourth-order valence-corrected chi connectivity index (χ4v) is 3.95. The number of nitrogens with zero attached hydrogens (tertiary/aromatic N) is 14. The largest absolute Gasteiger partial charge is 2.00 e. The summed E-state index contributed by atoms with van der Waals surface area (Å²) in [5.41, 5.74) is 12.1. The van der Waals surface area contributed by atoms with Crippen molar-refractivity contribution in [2.75, 3.05) is 27.2 Å². The monoisotopic (exact) mass is 1650 g/mol. The fraction of sp³-hybridized carbons (Fsp3) is 0.364. The molecule has 0 saturated carbocycles. The smallest absolute Gasteiger partial charge is 0.812 e. The predicted molar refractivity (Wildman–Crippen MR) is 408 cm³/mol. The third-order valence-corrected chi connectivity index (χ3v) is 7.34. The number of allylic oxidation sites excluding steroid dienone is 7. The summed E-state index contributed by atoms with van der Waals surface area (Å²) in [5.74, 6) is 0. The minimum atomic E-state index is -0.00104. The Kier molecular flexibility index (Phi) is 125. The first-order valence-electron chi connectivity index (χ1n) is 30.3. The molecule has 14 nitrogen and oxygen atoms in total. The van der Waals surface area contributed by atoms with E-state index in [0.29, 0.717) is 11.7 Å². The molecule has 21 heteroatoms. The quantitative estimate of drug-likeness (QED) is 0.0809. The van der Waals surface area contributed by atoms with E-state index in [4.69, 9.17) is 5.41 Å². The molecule has 7 aromatic heterocycles. The van der Waals surface area contributed by atoms with Crippen LogP contribution in [0.25, 0.3) is 5.41 Å². The van der Waals surface area contributed by atoms with Crippen LogP contribution >= 0.6 is 0 Å².